The number of hydrogen-bond acceptors (Lipinski definition) is 16. The van der Waals surface area contributed by atoms with Gasteiger partial charge in [0.2, 0.25) is 5.60 Å². The number of anilines is 1. The number of nitrogens with two attached hydrogens (primary N) is 1. The molecule has 21 nitrogen and oxygen atoms in total. The molecule has 50 heavy (non-hydrogen) atoms. The molecule has 3 fully saturated rings. The number of nitrogens with one attached hydrogen (secondary N) is 1. The summed E-state index contributed by atoms with van der Waals surface area (Å²) in [5, 5.41) is 47.7. The minimum atomic E-state index is -2.79. The standard InChI is InChI=1S/C28H29N7O14S/c1-11-4-27(23(41)42,5-12(2)47-11)49-32-19(15-10-50-25(29)31-15)20(38)30-14-9-46-35(21(14)39)28(24(43)44)6-16(22(40)48-28)34-7-13-3-17(36)18(37)8-33(13)26(34)45/h3,7-8,10-12,14,16,36-37H,4-6,9H2,1-2H3,(H2,29,31)(H,30,38)(H,41,42)(H,43,44)/b32-19-/t11-,12-,14+,16?,28?/m1/s1. The van der Waals surface area contributed by atoms with Crippen molar-refractivity contribution in [2.75, 3.05) is 12.3 Å². The second kappa shape index (κ2) is 12.3. The van der Waals surface area contributed by atoms with Gasteiger partial charge in [0.25, 0.3) is 11.8 Å². The van der Waals surface area contributed by atoms with Crippen molar-refractivity contribution >= 4 is 57.4 Å². The van der Waals surface area contributed by atoms with Crippen LogP contribution < -0.4 is 16.7 Å². The first-order valence-corrected chi connectivity index (χ1v) is 15.7. The van der Waals surface area contributed by atoms with Crippen LogP contribution >= 0.6 is 11.3 Å². The molecule has 0 aliphatic carbocycles. The number of carboxylic acid groups (broad SMARTS) is 2. The lowest BCUT2D eigenvalue weighted by Gasteiger charge is -2.37. The van der Waals surface area contributed by atoms with Crippen LogP contribution in [-0.4, -0.2) is 111 Å². The number of carbonyl (C=O) groups is 5. The zero-order chi connectivity index (χ0) is 36.3. The highest BCUT2D eigenvalue weighted by atomic mass is 32.1. The van der Waals surface area contributed by atoms with Crippen LogP contribution in [0.15, 0.2) is 33.8 Å². The number of fused-ring (bicyclic) bond motifs is 1. The third-order valence-corrected chi connectivity index (χ3v) is 9.01. The van der Waals surface area contributed by atoms with E-state index < -0.39 is 101 Å². The summed E-state index contributed by atoms with van der Waals surface area (Å²) in [7, 11) is 0. The number of imidazole rings is 1. The maximum atomic E-state index is 13.6. The number of aromatic nitrogens is 3. The first kappa shape index (κ1) is 34.1. The summed E-state index contributed by atoms with van der Waals surface area (Å²) in [5.41, 5.74) is -0.466. The molecule has 0 saturated carbocycles. The van der Waals surface area contributed by atoms with E-state index >= 15 is 0 Å². The topological polar surface area (TPSA) is 296 Å². The Morgan fingerprint density at radius 1 is 1.08 bits per heavy atom. The van der Waals surface area contributed by atoms with Gasteiger partial charge in [0.05, 0.1) is 30.3 Å². The fourth-order valence-electron chi connectivity index (χ4n) is 6.10. The molecule has 0 spiro atoms. The molecule has 2 amide bonds. The highest BCUT2D eigenvalue weighted by molar-refractivity contribution is 7.13. The largest absolute Gasteiger partial charge is 0.504 e. The number of esters is 1. The molecular formula is C28H29N7O14S. The first-order valence-electron chi connectivity index (χ1n) is 14.8. The zero-order valence-corrected chi connectivity index (χ0v) is 26.9. The Morgan fingerprint density at radius 3 is 2.40 bits per heavy atom. The Balaban J connectivity index is 1.25. The van der Waals surface area contributed by atoms with Gasteiger partial charge in [-0.15, -0.1) is 11.3 Å². The van der Waals surface area contributed by atoms with Crippen LogP contribution in [0.1, 0.15) is 44.8 Å². The number of thiazole rings is 1. The molecule has 5 atom stereocenters. The molecule has 0 aromatic carbocycles. The van der Waals surface area contributed by atoms with Crippen LogP contribution in [0, 0.1) is 0 Å². The second-order valence-electron chi connectivity index (χ2n) is 11.9. The predicted octanol–water partition coefficient (Wildman–Crippen LogP) is -1.09. The highest BCUT2D eigenvalue weighted by Crippen LogP contribution is 2.40. The Kier molecular flexibility index (Phi) is 8.40. The number of amides is 2. The number of aromatic hydroxyl groups is 2. The minimum Gasteiger partial charge on any atom is -0.504 e. The summed E-state index contributed by atoms with van der Waals surface area (Å²) >= 11 is 0.933. The van der Waals surface area contributed by atoms with Crippen LogP contribution in [-0.2, 0) is 43.1 Å². The minimum absolute atomic E-state index is 0.0260. The fraction of sp³-hybridized carbons (Fsp3) is 0.429. The average Bonchev–Trinajstić information content (AvgIpc) is 3.79. The van der Waals surface area contributed by atoms with Crippen molar-refractivity contribution in [1.29, 1.82) is 0 Å². The van der Waals surface area contributed by atoms with Crippen LogP contribution in [0.25, 0.3) is 5.52 Å². The highest BCUT2D eigenvalue weighted by Gasteiger charge is 2.63. The van der Waals surface area contributed by atoms with Gasteiger partial charge in [-0.1, -0.05) is 5.16 Å². The Morgan fingerprint density at radius 2 is 1.78 bits per heavy atom. The van der Waals surface area contributed by atoms with Crippen molar-refractivity contribution in [3.05, 3.63) is 40.0 Å². The molecule has 7 N–H and O–H groups in total. The summed E-state index contributed by atoms with van der Waals surface area (Å²) in [5.74, 6) is -7.88. The van der Waals surface area contributed by atoms with Gasteiger partial charge in [0, 0.05) is 30.5 Å². The van der Waals surface area contributed by atoms with E-state index in [4.69, 9.17) is 24.9 Å². The maximum absolute atomic E-state index is 13.6. The number of hydrogen-bond donors (Lipinski definition) is 6. The lowest BCUT2D eigenvalue weighted by molar-refractivity contribution is -0.256. The second-order valence-corrected chi connectivity index (χ2v) is 12.8. The molecule has 0 bridgehead atoms. The van der Waals surface area contributed by atoms with Crippen molar-refractivity contribution < 1.29 is 63.5 Å². The number of oxime groups is 1. The monoisotopic (exact) mass is 719 g/mol. The number of cyclic esters (lactones) is 1. The smallest absolute Gasteiger partial charge is 0.372 e. The molecule has 6 heterocycles. The normalized spacial score (nSPS) is 28.5. The molecule has 3 aromatic rings. The molecule has 6 rings (SSSR count). The Bertz CT molecular complexity index is 2010. The van der Waals surface area contributed by atoms with E-state index in [1.165, 1.54) is 5.38 Å². The number of hydroxylamine groups is 2. The molecule has 2 unspecified atom stereocenters. The number of carboxylic acids is 2. The van der Waals surface area contributed by atoms with Gasteiger partial charge in [0.1, 0.15) is 24.4 Å². The van der Waals surface area contributed by atoms with Crippen LogP contribution in [0.4, 0.5) is 5.13 Å². The SMILES string of the molecule is C[C@@H]1CC(O/N=C(\C(=O)N[C@H]2CON(C3(C(=O)O)CC(n4cc5cc(O)c(O)cn5c4=O)C(=O)O3)C2=O)c2csc(N)n2)(C(=O)O)C[C@@H](C)O1. The molecule has 0 radical (unpaired) electrons. The molecule has 3 aromatic heterocycles. The van der Waals surface area contributed by atoms with E-state index in [-0.39, 0.29) is 34.2 Å². The molecule has 3 aliphatic heterocycles. The van der Waals surface area contributed by atoms with E-state index in [1.54, 1.807) is 13.8 Å². The molecule has 266 valence electrons. The molecule has 22 heteroatoms. The van der Waals surface area contributed by atoms with Crippen molar-refractivity contribution in [3.8, 4) is 11.5 Å². The maximum Gasteiger partial charge on any atom is 0.372 e. The van der Waals surface area contributed by atoms with Gasteiger partial charge >= 0.3 is 29.3 Å². The van der Waals surface area contributed by atoms with Gasteiger partial charge in [-0.05, 0) is 13.8 Å². The van der Waals surface area contributed by atoms with Crippen LogP contribution in [0.3, 0.4) is 0 Å². The number of aliphatic carboxylic acids is 2. The van der Waals surface area contributed by atoms with Crippen molar-refractivity contribution in [3.63, 3.8) is 0 Å². The quantitative estimate of drug-likeness (QED) is 0.0870. The summed E-state index contributed by atoms with van der Waals surface area (Å²) in [6.45, 7) is 2.66. The van der Waals surface area contributed by atoms with Crippen LogP contribution in [0.2, 0.25) is 0 Å². The molecule has 3 aliphatic rings. The Labute approximate surface area is 283 Å². The summed E-state index contributed by atoms with van der Waals surface area (Å²) < 4.78 is 12.5. The fourth-order valence-corrected chi connectivity index (χ4v) is 6.65. The van der Waals surface area contributed by atoms with Gasteiger partial charge in [-0.25, -0.2) is 24.2 Å². The van der Waals surface area contributed by atoms with Gasteiger partial charge in [-0.2, -0.15) is 5.06 Å². The number of nitrogens with zero attached hydrogens (tertiary/aromatic N) is 5. The van der Waals surface area contributed by atoms with Crippen molar-refractivity contribution in [1.82, 2.24) is 24.3 Å². The number of rotatable bonds is 9. The third-order valence-electron chi connectivity index (χ3n) is 8.34. The number of carbonyl (C=O) groups excluding carboxylic acids is 3. The number of pyridine rings is 1. The summed E-state index contributed by atoms with van der Waals surface area (Å²) in [4.78, 5) is 93.0. The summed E-state index contributed by atoms with van der Waals surface area (Å²) in [6.07, 6.45) is -0.0871. The molecule has 3 saturated heterocycles. The average molecular weight is 720 g/mol. The number of ether oxygens (including phenoxy) is 2. The molecular weight excluding hydrogens is 690 g/mol. The van der Waals surface area contributed by atoms with Crippen LogP contribution in [0.5, 0.6) is 11.5 Å². The lowest BCUT2D eigenvalue weighted by atomic mass is 9.88. The first-order chi connectivity index (χ1) is 23.5. The lowest BCUT2D eigenvalue weighted by Crippen LogP contribution is -2.57. The summed E-state index contributed by atoms with van der Waals surface area (Å²) in [6, 6.07) is -2.15. The van der Waals surface area contributed by atoms with Gasteiger partial charge in [0.15, 0.2) is 22.3 Å². The van der Waals surface area contributed by atoms with Gasteiger partial charge < -0.3 is 45.8 Å². The van der Waals surface area contributed by atoms with E-state index in [0.717, 1.165) is 38.8 Å². The van der Waals surface area contributed by atoms with E-state index in [2.05, 4.69) is 15.5 Å². The third kappa shape index (κ3) is 5.71. The van der Waals surface area contributed by atoms with Crippen molar-refractivity contribution in [2.24, 2.45) is 5.16 Å². The van der Waals surface area contributed by atoms with Gasteiger partial charge in [-0.3, -0.25) is 23.4 Å². The predicted molar refractivity (Wildman–Crippen MR) is 164 cm³/mol. The zero-order valence-electron chi connectivity index (χ0n) is 26.0. The van der Waals surface area contributed by atoms with E-state index in [1.807, 2.05) is 0 Å². The van der Waals surface area contributed by atoms with E-state index in [0.29, 0.717) is 0 Å². The Hall–Kier alpha value is -5.74. The number of nitrogen functional groups attached to an aromatic ring is 1. The van der Waals surface area contributed by atoms with Crippen molar-refractivity contribution in [2.45, 2.75) is 68.7 Å². The van der Waals surface area contributed by atoms with E-state index in [9.17, 15) is 49.2 Å².